The number of rotatable bonds is 1. The van der Waals surface area contributed by atoms with E-state index in [-0.39, 0.29) is 11.3 Å². The van der Waals surface area contributed by atoms with Crippen molar-refractivity contribution in [2.24, 2.45) is 0 Å². The molecule has 2 N–H and O–H groups in total. The monoisotopic (exact) mass is 202 g/mol. The van der Waals surface area contributed by atoms with Gasteiger partial charge in [-0.2, -0.15) is 0 Å². The summed E-state index contributed by atoms with van der Waals surface area (Å²) in [5.41, 5.74) is 0.619. The van der Waals surface area contributed by atoms with Crippen molar-refractivity contribution in [3.05, 3.63) is 46.6 Å². The summed E-state index contributed by atoms with van der Waals surface area (Å²) < 4.78 is 0. The average molecular weight is 202 g/mol. The van der Waals surface area contributed by atoms with E-state index in [9.17, 15) is 9.90 Å². The lowest BCUT2D eigenvalue weighted by Gasteiger charge is -2.02. The van der Waals surface area contributed by atoms with Gasteiger partial charge in [-0.25, -0.2) is 4.98 Å². The van der Waals surface area contributed by atoms with Gasteiger partial charge in [-0.15, -0.1) is 0 Å². The molecule has 0 radical (unpaired) electrons. The van der Waals surface area contributed by atoms with Crippen molar-refractivity contribution in [2.75, 3.05) is 0 Å². The van der Waals surface area contributed by atoms with Crippen LogP contribution in [0.1, 0.15) is 5.82 Å². The molecule has 0 saturated carbocycles. The highest BCUT2D eigenvalue weighted by Crippen LogP contribution is 2.24. The number of aromatic hydroxyl groups is 1. The number of aryl methyl sites for hydroxylation is 1. The molecular weight excluding hydrogens is 192 g/mol. The fraction of sp³-hybridized carbons (Fsp3) is 0.0909. The Bertz CT molecular complexity index is 546. The molecule has 0 aliphatic heterocycles. The van der Waals surface area contributed by atoms with Crippen LogP contribution in [-0.4, -0.2) is 15.1 Å². The number of phenolic OH excluding ortho intramolecular Hbond substituents is 1. The number of aromatic amines is 1. The van der Waals surface area contributed by atoms with E-state index >= 15 is 0 Å². The Morgan fingerprint density at radius 1 is 1.27 bits per heavy atom. The topological polar surface area (TPSA) is 66.0 Å². The highest BCUT2D eigenvalue weighted by molar-refractivity contribution is 5.68. The number of hydrogen-bond acceptors (Lipinski definition) is 3. The van der Waals surface area contributed by atoms with E-state index in [0.29, 0.717) is 17.0 Å². The number of nitrogens with one attached hydrogen (secondary N) is 1. The minimum Gasteiger partial charge on any atom is -0.507 e. The lowest BCUT2D eigenvalue weighted by atomic mass is 10.1. The molecule has 1 aromatic carbocycles. The summed E-state index contributed by atoms with van der Waals surface area (Å²) in [5, 5.41) is 9.58. The summed E-state index contributed by atoms with van der Waals surface area (Å²) in [6.45, 7) is 1.70. The molecule has 4 heteroatoms. The molecule has 15 heavy (non-hydrogen) atoms. The van der Waals surface area contributed by atoms with E-state index in [0.717, 1.165) is 0 Å². The molecule has 1 aromatic heterocycles. The van der Waals surface area contributed by atoms with Crippen molar-refractivity contribution in [1.82, 2.24) is 9.97 Å². The molecule has 0 saturated heterocycles. The van der Waals surface area contributed by atoms with Gasteiger partial charge in [0.15, 0.2) is 0 Å². The summed E-state index contributed by atoms with van der Waals surface area (Å²) in [7, 11) is 0. The third kappa shape index (κ3) is 1.74. The SMILES string of the molecule is Cc1ncc(-c2ccccc2O)c(=O)[nH]1. The third-order valence-electron chi connectivity index (χ3n) is 2.12. The van der Waals surface area contributed by atoms with Gasteiger partial charge in [-0.3, -0.25) is 4.79 Å². The smallest absolute Gasteiger partial charge is 0.258 e. The molecule has 1 heterocycles. The van der Waals surface area contributed by atoms with Crippen molar-refractivity contribution in [3.8, 4) is 16.9 Å². The molecule has 0 fully saturated rings. The van der Waals surface area contributed by atoms with Crippen molar-refractivity contribution >= 4 is 0 Å². The predicted octanol–water partition coefficient (Wildman–Crippen LogP) is 1.45. The van der Waals surface area contributed by atoms with E-state index in [1.54, 1.807) is 25.1 Å². The number of phenols is 1. The Hall–Kier alpha value is -2.10. The predicted molar refractivity (Wildman–Crippen MR) is 56.7 cm³/mol. The molecule has 0 spiro atoms. The Morgan fingerprint density at radius 2 is 2.00 bits per heavy atom. The van der Waals surface area contributed by atoms with Crippen molar-refractivity contribution in [3.63, 3.8) is 0 Å². The molecule has 4 nitrogen and oxygen atoms in total. The van der Waals surface area contributed by atoms with Crippen LogP contribution in [0.4, 0.5) is 0 Å². The van der Waals surface area contributed by atoms with Crippen LogP contribution in [0.3, 0.4) is 0 Å². The maximum absolute atomic E-state index is 11.6. The van der Waals surface area contributed by atoms with E-state index in [1.165, 1.54) is 12.3 Å². The number of hydrogen-bond donors (Lipinski definition) is 2. The molecule has 76 valence electrons. The van der Waals surface area contributed by atoms with Crippen molar-refractivity contribution in [2.45, 2.75) is 6.92 Å². The number of para-hydroxylation sites is 1. The largest absolute Gasteiger partial charge is 0.507 e. The Labute approximate surface area is 86.2 Å². The second-order valence-corrected chi connectivity index (χ2v) is 3.23. The third-order valence-corrected chi connectivity index (χ3v) is 2.12. The summed E-state index contributed by atoms with van der Waals surface area (Å²) in [6, 6.07) is 6.68. The molecule has 0 aliphatic rings. The molecule has 0 unspecified atom stereocenters. The van der Waals surface area contributed by atoms with Gasteiger partial charge in [0.05, 0.1) is 5.56 Å². The van der Waals surface area contributed by atoms with Crippen LogP contribution in [0, 0.1) is 6.92 Å². The van der Waals surface area contributed by atoms with E-state index in [4.69, 9.17) is 0 Å². The van der Waals surface area contributed by atoms with Crippen LogP contribution < -0.4 is 5.56 Å². The first-order valence-electron chi connectivity index (χ1n) is 4.53. The summed E-state index contributed by atoms with van der Waals surface area (Å²) in [4.78, 5) is 18.2. The number of H-pyrrole nitrogens is 1. The average Bonchev–Trinajstić information content (AvgIpc) is 2.20. The van der Waals surface area contributed by atoms with E-state index < -0.39 is 0 Å². The first-order valence-corrected chi connectivity index (χ1v) is 4.53. The van der Waals surface area contributed by atoms with Crippen LogP contribution in [0.5, 0.6) is 5.75 Å². The number of nitrogens with zero attached hydrogens (tertiary/aromatic N) is 1. The van der Waals surface area contributed by atoms with Gasteiger partial charge in [0.2, 0.25) is 0 Å². The van der Waals surface area contributed by atoms with Gasteiger partial charge in [-0.05, 0) is 13.0 Å². The van der Waals surface area contributed by atoms with E-state index in [2.05, 4.69) is 9.97 Å². The van der Waals surface area contributed by atoms with Gasteiger partial charge in [0, 0.05) is 11.8 Å². The Morgan fingerprint density at radius 3 is 2.67 bits per heavy atom. The zero-order valence-electron chi connectivity index (χ0n) is 8.19. The second kappa shape index (κ2) is 3.57. The Balaban J connectivity index is 2.65. The molecule has 0 bridgehead atoms. The van der Waals surface area contributed by atoms with Gasteiger partial charge in [-0.1, -0.05) is 18.2 Å². The molecule has 2 rings (SSSR count). The number of aromatic nitrogens is 2. The first kappa shape index (κ1) is 9.45. The van der Waals surface area contributed by atoms with Crippen LogP contribution in [0.25, 0.3) is 11.1 Å². The lowest BCUT2D eigenvalue weighted by molar-refractivity contribution is 0.477. The maximum atomic E-state index is 11.6. The summed E-state index contributed by atoms with van der Waals surface area (Å²) >= 11 is 0. The molecular formula is C11H10N2O2. The van der Waals surface area contributed by atoms with Gasteiger partial charge in [0.25, 0.3) is 5.56 Å². The quantitative estimate of drug-likeness (QED) is 0.735. The lowest BCUT2D eigenvalue weighted by Crippen LogP contribution is -2.11. The highest BCUT2D eigenvalue weighted by atomic mass is 16.3. The fourth-order valence-electron chi connectivity index (χ4n) is 1.38. The Kier molecular flexibility index (Phi) is 2.25. The van der Waals surface area contributed by atoms with Gasteiger partial charge in [0.1, 0.15) is 11.6 Å². The maximum Gasteiger partial charge on any atom is 0.258 e. The minimum absolute atomic E-state index is 0.0775. The van der Waals surface area contributed by atoms with Crippen LogP contribution in [0.15, 0.2) is 35.3 Å². The number of benzene rings is 1. The molecule has 0 aliphatic carbocycles. The minimum atomic E-state index is -0.246. The zero-order valence-corrected chi connectivity index (χ0v) is 8.19. The van der Waals surface area contributed by atoms with Gasteiger partial charge >= 0.3 is 0 Å². The molecule has 2 aromatic rings. The second-order valence-electron chi connectivity index (χ2n) is 3.23. The summed E-state index contributed by atoms with van der Waals surface area (Å²) in [5.74, 6) is 0.632. The standard InChI is InChI=1S/C11H10N2O2/c1-7-12-6-9(11(15)13-7)8-4-2-3-5-10(8)14/h2-6,14H,1H3,(H,12,13,15). The van der Waals surface area contributed by atoms with Crippen LogP contribution >= 0.6 is 0 Å². The van der Waals surface area contributed by atoms with Crippen molar-refractivity contribution in [1.29, 1.82) is 0 Å². The fourth-order valence-corrected chi connectivity index (χ4v) is 1.38. The molecule has 0 atom stereocenters. The van der Waals surface area contributed by atoms with E-state index in [1.807, 2.05) is 0 Å². The van der Waals surface area contributed by atoms with Crippen molar-refractivity contribution < 1.29 is 5.11 Å². The zero-order chi connectivity index (χ0) is 10.8. The molecule has 0 amide bonds. The normalized spacial score (nSPS) is 10.2. The van der Waals surface area contributed by atoms with Crippen LogP contribution in [0.2, 0.25) is 0 Å². The van der Waals surface area contributed by atoms with Gasteiger partial charge < -0.3 is 10.1 Å². The first-order chi connectivity index (χ1) is 7.18. The van der Waals surface area contributed by atoms with Crippen LogP contribution in [-0.2, 0) is 0 Å². The highest BCUT2D eigenvalue weighted by Gasteiger charge is 2.07. The summed E-state index contributed by atoms with van der Waals surface area (Å²) in [6.07, 6.45) is 1.46.